The molecule has 0 aliphatic rings. The normalized spacial score (nSPS) is 11.9. The monoisotopic (exact) mass is 384 g/mol. The van der Waals surface area contributed by atoms with Crippen LogP contribution in [0.25, 0.3) is 10.9 Å². The zero-order valence-electron chi connectivity index (χ0n) is 11.6. The highest BCUT2D eigenvalue weighted by Gasteiger charge is 2.19. The average Bonchev–Trinajstić information content (AvgIpc) is 2.33. The molecular formula is C15H18Br2N2. The van der Waals surface area contributed by atoms with Crippen molar-refractivity contribution < 1.29 is 0 Å². The molecule has 1 aromatic carbocycles. The summed E-state index contributed by atoms with van der Waals surface area (Å²) in [5.74, 6) is 0. The van der Waals surface area contributed by atoms with Gasteiger partial charge < -0.3 is 5.32 Å². The Balaban J connectivity index is 2.83. The largest absolute Gasteiger partial charge is 0.385 e. The van der Waals surface area contributed by atoms with Gasteiger partial charge in [-0.1, -0.05) is 36.7 Å². The second kappa shape index (κ2) is 5.41. The van der Waals surface area contributed by atoms with Gasteiger partial charge in [0.05, 0.1) is 5.52 Å². The van der Waals surface area contributed by atoms with Gasteiger partial charge in [0.2, 0.25) is 0 Å². The lowest BCUT2D eigenvalue weighted by Crippen LogP contribution is -2.14. The van der Waals surface area contributed by atoms with Crippen molar-refractivity contribution in [1.82, 2.24) is 4.98 Å². The molecular weight excluding hydrogens is 368 g/mol. The van der Waals surface area contributed by atoms with E-state index in [1.807, 2.05) is 12.1 Å². The van der Waals surface area contributed by atoms with Gasteiger partial charge in [0.15, 0.2) is 0 Å². The van der Waals surface area contributed by atoms with E-state index < -0.39 is 0 Å². The van der Waals surface area contributed by atoms with E-state index in [0.717, 1.165) is 37.8 Å². The van der Waals surface area contributed by atoms with Crippen LogP contribution in [0.1, 0.15) is 33.4 Å². The van der Waals surface area contributed by atoms with E-state index in [-0.39, 0.29) is 5.41 Å². The number of fused-ring (bicyclic) bond motifs is 1. The number of anilines is 1. The molecule has 2 aromatic rings. The number of benzene rings is 1. The van der Waals surface area contributed by atoms with E-state index in [1.54, 1.807) is 0 Å². The summed E-state index contributed by atoms with van der Waals surface area (Å²) in [6, 6.07) is 6.23. The molecule has 0 unspecified atom stereocenters. The van der Waals surface area contributed by atoms with Crippen LogP contribution in [0, 0.1) is 0 Å². The molecule has 0 fully saturated rings. The molecule has 1 aromatic heterocycles. The maximum atomic E-state index is 4.83. The molecule has 0 saturated carbocycles. The van der Waals surface area contributed by atoms with Crippen LogP contribution in [-0.2, 0) is 5.41 Å². The van der Waals surface area contributed by atoms with Crippen molar-refractivity contribution in [3.05, 3.63) is 32.8 Å². The van der Waals surface area contributed by atoms with Gasteiger partial charge in [-0.05, 0) is 41.1 Å². The fraction of sp³-hybridized carbons (Fsp3) is 0.400. The fourth-order valence-electron chi connectivity index (χ4n) is 1.98. The Bertz CT molecular complexity index is 616. The molecule has 4 heteroatoms. The highest BCUT2D eigenvalue weighted by molar-refractivity contribution is 9.11. The van der Waals surface area contributed by atoms with Gasteiger partial charge >= 0.3 is 0 Å². The van der Waals surface area contributed by atoms with Crippen LogP contribution in [0.15, 0.2) is 27.1 Å². The summed E-state index contributed by atoms with van der Waals surface area (Å²) in [4.78, 5) is 4.83. The van der Waals surface area contributed by atoms with Gasteiger partial charge in [0.1, 0.15) is 0 Å². The Hall–Kier alpha value is -0.610. The minimum absolute atomic E-state index is 0.0279. The molecule has 2 rings (SSSR count). The lowest BCUT2D eigenvalue weighted by molar-refractivity contribution is 0.571. The smallest absolute Gasteiger partial charge is 0.0879 e. The lowest BCUT2D eigenvalue weighted by Gasteiger charge is -2.21. The van der Waals surface area contributed by atoms with Crippen LogP contribution in [0.4, 0.5) is 5.69 Å². The first-order valence-electron chi connectivity index (χ1n) is 6.37. The summed E-state index contributed by atoms with van der Waals surface area (Å²) in [6.07, 6.45) is 0. The molecule has 0 aliphatic heterocycles. The first-order valence-corrected chi connectivity index (χ1v) is 7.96. The Morgan fingerprint density at radius 3 is 2.37 bits per heavy atom. The van der Waals surface area contributed by atoms with E-state index in [9.17, 15) is 0 Å². The molecule has 19 heavy (non-hydrogen) atoms. The third-order valence-electron chi connectivity index (χ3n) is 3.00. The Kier molecular flexibility index (Phi) is 4.21. The number of nitrogens with one attached hydrogen (secondary N) is 1. The maximum Gasteiger partial charge on any atom is 0.0879 e. The number of halogens is 2. The van der Waals surface area contributed by atoms with Crippen molar-refractivity contribution in [2.45, 2.75) is 33.1 Å². The molecule has 1 N–H and O–H groups in total. The summed E-state index contributed by atoms with van der Waals surface area (Å²) >= 11 is 7.23. The number of rotatable bonds is 2. The average molecular weight is 386 g/mol. The predicted octanol–water partition coefficient (Wildman–Crippen LogP) is 5.49. The second-order valence-electron chi connectivity index (χ2n) is 5.59. The zero-order valence-corrected chi connectivity index (χ0v) is 14.8. The Morgan fingerprint density at radius 2 is 1.79 bits per heavy atom. The van der Waals surface area contributed by atoms with E-state index in [1.165, 1.54) is 0 Å². The quantitative estimate of drug-likeness (QED) is 0.739. The van der Waals surface area contributed by atoms with E-state index in [0.29, 0.717) is 0 Å². The number of nitrogens with zero attached hydrogens (tertiary/aromatic N) is 1. The van der Waals surface area contributed by atoms with Crippen molar-refractivity contribution in [1.29, 1.82) is 0 Å². The summed E-state index contributed by atoms with van der Waals surface area (Å²) < 4.78 is 2.09. The molecule has 0 spiro atoms. The van der Waals surface area contributed by atoms with Gasteiger partial charge in [-0.15, -0.1) is 0 Å². The summed E-state index contributed by atoms with van der Waals surface area (Å²) in [6.45, 7) is 9.55. The summed E-state index contributed by atoms with van der Waals surface area (Å²) in [5, 5.41) is 4.57. The first kappa shape index (κ1) is 14.8. The highest BCUT2D eigenvalue weighted by atomic mass is 79.9. The van der Waals surface area contributed by atoms with E-state index in [4.69, 9.17) is 4.98 Å². The summed E-state index contributed by atoms with van der Waals surface area (Å²) in [5.41, 5.74) is 3.25. The third kappa shape index (κ3) is 2.95. The van der Waals surface area contributed by atoms with Crippen molar-refractivity contribution in [3.63, 3.8) is 0 Å². The molecule has 0 saturated heterocycles. The third-order valence-corrected chi connectivity index (χ3v) is 4.30. The van der Waals surface area contributed by atoms with Crippen LogP contribution < -0.4 is 5.32 Å². The van der Waals surface area contributed by atoms with Gasteiger partial charge in [-0.25, -0.2) is 0 Å². The van der Waals surface area contributed by atoms with E-state index >= 15 is 0 Å². The van der Waals surface area contributed by atoms with Gasteiger partial charge in [0, 0.05) is 37.7 Å². The van der Waals surface area contributed by atoms with Crippen LogP contribution >= 0.6 is 31.9 Å². The molecule has 0 atom stereocenters. The van der Waals surface area contributed by atoms with Crippen LogP contribution in [0.5, 0.6) is 0 Å². The predicted molar refractivity (Wildman–Crippen MR) is 90.0 cm³/mol. The summed E-state index contributed by atoms with van der Waals surface area (Å²) in [7, 11) is 0. The molecule has 0 radical (unpaired) electrons. The molecule has 0 bridgehead atoms. The lowest BCUT2D eigenvalue weighted by atomic mass is 9.90. The first-order chi connectivity index (χ1) is 8.84. The minimum atomic E-state index is 0.0279. The highest BCUT2D eigenvalue weighted by Crippen LogP contribution is 2.37. The number of hydrogen-bond acceptors (Lipinski definition) is 2. The molecule has 0 amide bonds. The van der Waals surface area contributed by atoms with Gasteiger partial charge in [0.25, 0.3) is 0 Å². The molecule has 102 valence electrons. The zero-order chi connectivity index (χ0) is 14.2. The van der Waals surface area contributed by atoms with Crippen LogP contribution in [-0.4, -0.2) is 11.5 Å². The second-order valence-corrected chi connectivity index (χ2v) is 7.30. The standard InChI is InChI=1S/C15H18Br2N2/c1-5-18-11-8-12(15(2,3)4)19-14-10(17)7-6-9(16)13(11)14/h6-8H,5H2,1-4H3,(H,18,19). The topological polar surface area (TPSA) is 24.9 Å². The SMILES string of the molecule is CCNc1cc(C(C)(C)C)nc2c(Br)ccc(Br)c12. The van der Waals surface area contributed by atoms with Gasteiger partial charge in [-0.2, -0.15) is 0 Å². The van der Waals surface area contributed by atoms with Crippen LogP contribution in [0.3, 0.4) is 0 Å². The van der Waals surface area contributed by atoms with Gasteiger partial charge in [-0.3, -0.25) is 4.98 Å². The maximum absolute atomic E-state index is 4.83. The number of pyridine rings is 1. The van der Waals surface area contributed by atoms with E-state index in [2.05, 4.69) is 70.9 Å². The molecule has 0 aliphatic carbocycles. The van der Waals surface area contributed by atoms with Crippen molar-refractivity contribution >= 4 is 48.5 Å². The molecule has 1 heterocycles. The van der Waals surface area contributed by atoms with Crippen molar-refractivity contribution in [2.24, 2.45) is 0 Å². The van der Waals surface area contributed by atoms with Crippen LogP contribution in [0.2, 0.25) is 0 Å². The number of hydrogen-bond donors (Lipinski definition) is 1. The van der Waals surface area contributed by atoms with Crippen molar-refractivity contribution in [2.75, 3.05) is 11.9 Å². The Morgan fingerprint density at radius 1 is 1.16 bits per heavy atom. The molecule has 2 nitrogen and oxygen atoms in total. The minimum Gasteiger partial charge on any atom is -0.385 e. The number of aromatic nitrogens is 1. The Labute approximate surface area is 131 Å². The fourth-order valence-corrected chi connectivity index (χ4v) is 2.93. The van der Waals surface area contributed by atoms with Crippen molar-refractivity contribution in [3.8, 4) is 0 Å².